The molecule has 0 spiro atoms. The molecule has 3 aromatic rings. The predicted molar refractivity (Wildman–Crippen MR) is 81.3 cm³/mol. The highest BCUT2D eigenvalue weighted by atomic mass is 16.4. The van der Waals surface area contributed by atoms with Crippen LogP contribution in [0.3, 0.4) is 0 Å². The Morgan fingerprint density at radius 2 is 1.91 bits per heavy atom. The van der Waals surface area contributed by atoms with Crippen LogP contribution in [0.4, 0.5) is 6.01 Å². The third-order valence-electron chi connectivity index (χ3n) is 3.03. The normalized spacial score (nSPS) is 10.4. The summed E-state index contributed by atoms with van der Waals surface area (Å²) >= 11 is 0. The minimum atomic E-state index is -0.380. The summed E-state index contributed by atoms with van der Waals surface area (Å²) in [5.41, 5.74) is 1.29. The van der Waals surface area contributed by atoms with Crippen molar-refractivity contribution in [2.75, 3.05) is 5.32 Å². The summed E-state index contributed by atoms with van der Waals surface area (Å²) in [7, 11) is 0. The molecule has 0 aliphatic carbocycles. The summed E-state index contributed by atoms with van der Waals surface area (Å²) in [5, 5.41) is 2.53. The molecule has 0 saturated heterocycles. The molecular weight excluding hydrogens is 282 g/mol. The van der Waals surface area contributed by atoms with Gasteiger partial charge in [0.1, 0.15) is 18.5 Å². The first kappa shape index (κ1) is 13.8. The fourth-order valence-electron chi connectivity index (χ4n) is 1.98. The van der Waals surface area contributed by atoms with E-state index in [1.54, 1.807) is 18.3 Å². The Labute approximate surface area is 126 Å². The number of hydrogen-bond acceptors (Lipinski definition) is 4. The van der Waals surface area contributed by atoms with Crippen LogP contribution in [0, 0.1) is 0 Å². The molecule has 110 valence electrons. The number of benzene rings is 1. The number of hydrogen-bond donors (Lipinski definition) is 1. The number of anilines is 1. The topological polar surface area (TPSA) is 77.1 Å². The van der Waals surface area contributed by atoms with Crippen LogP contribution in [0.25, 0.3) is 11.3 Å². The lowest BCUT2D eigenvalue weighted by Crippen LogP contribution is -2.26. The summed E-state index contributed by atoms with van der Waals surface area (Å²) in [6.45, 7) is -0.0945. The van der Waals surface area contributed by atoms with Gasteiger partial charge in [0.25, 0.3) is 5.56 Å². The van der Waals surface area contributed by atoms with Crippen LogP contribution in [0.15, 0.2) is 70.2 Å². The van der Waals surface area contributed by atoms with Gasteiger partial charge >= 0.3 is 6.01 Å². The van der Waals surface area contributed by atoms with E-state index in [4.69, 9.17) is 4.42 Å². The van der Waals surface area contributed by atoms with Gasteiger partial charge in [-0.3, -0.25) is 14.9 Å². The van der Waals surface area contributed by atoms with Crippen molar-refractivity contribution in [3.05, 3.63) is 71.3 Å². The highest BCUT2D eigenvalue weighted by Crippen LogP contribution is 2.19. The molecule has 1 aromatic carbocycles. The average Bonchev–Trinajstić information content (AvgIpc) is 2.99. The van der Waals surface area contributed by atoms with Crippen molar-refractivity contribution in [1.29, 1.82) is 0 Å². The second-order valence-electron chi connectivity index (χ2n) is 4.62. The molecule has 0 radical (unpaired) electrons. The minimum absolute atomic E-state index is 0.0945. The molecule has 6 nitrogen and oxygen atoms in total. The molecule has 2 heterocycles. The van der Waals surface area contributed by atoms with Crippen molar-refractivity contribution in [2.24, 2.45) is 0 Å². The zero-order valence-electron chi connectivity index (χ0n) is 11.6. The predicted octanol–water partition coefficient (Wildman–Crippen LogP) is 2.14. The minimum Gasteiger partial charge on any atom is -0.431 e. The largest absolute Gasteiger partial charge is 0.431 e. The molecule has 0 aliphatic heterocycles. The number of amides is 1. The zero-order chi connectivity index (χ0) is 15.4. The lowest BCUT2D eigenvalue weighted by molar-refractivity contribution is -0.116. The van der Waals surface area contributed by atoms with E-state index in [9.17, 15) is 9.59 Å². The van der Waals surface area contributed by atoms with Gasteiger partial charge in [0, 0.05) is 17.8 Å². The molecule has 0 bridgehead atoms. The van der Waals surface area contributed by atoms with E-state index < -0.39 is 0 Å². The van der Waals surface area contributed by atoms with Crippen molar-refractivity contribution in [3.8, 4) is 11.3 Å². The highest BCUT2D eigenvalue weighted by molar-refractivity contribution is 5.88. The molecule has 2 aromatic heterocycles. The van der Waals surface area contributed by atoms with E-state index in [1.807, 2.05) is 30.3 Å². The number of nitrogens with zero attached hydrogens (tertiary/aromatic N) is 2. The molecule has 1 N–H and O–H groups in total. The molecule has 0 aliphatic rings. The highest BCUT2D eigenvalue weighted by Gasteiger charge is 2.10. The number of carbonyl (C=O) groups is 1. The van der Waals surface area contributed by atoms with Crippen LogP contribution >= 0.6 is 0 Å². The summed E-state index contributed by atoms with van der Waals surface area (Å²) in [6, 6.07) is 14.3. The SMILES string of the molecule is O=C(Cn1ccccc1=O)Nc1nc(-c2ccccc2)co1. The number of oxazole rings is 1. The summed E-state index contributed by atoms with van der Waals surface area (Å²) in [5.74, 6) is -0.380. The first-order chi connectivity index (χ1) is 10.7. The van der Waals surface area contributed by atoms with Crippen molar-refractivity contribution >= 4 is 11.9 Å². The summed E-state index contributed by atoms with van der Waals surface area (Å²) in [6.07, 6.45) is 3.02. The number of nitrogens with one attached hydrogen (secondary N) is 1. The maximum absolute atomic E-state index is 11.9. The number of aromatic nitrogens is 2. The standard InChI is InChI=1S/C16H13N3O3/c20-14(10-19-9-5-4-8-15(19)21)18-16-17-13(11-22-16)12-6-2-1-3-7-12/h1-9,11H,10H2,(H,17,18,20). The lowest BCUT2D eigenvalue weighted by Gasteiger charge is -2.03. The van der Waals surface area contributed by atoms with Crippen molar-refractivity contribution in [2.45, 2.75) is 6.54 Å². The van der Waals surface area contributed by atoms with Gasteiger partial charge in [0.2, 0.25) is 5.91 Å². The van der Waals surface area contributed by atoms with E-state index in [1.165, 1.54) is 16.9 Å². The number of pyridine rings is 1. The molecule has 3 rings (SSSR count). The van der Waals surface area contributed by atoms with Gasteiger partial charge in [-0.2, -0.15) is 4.98 Å². The van der Waals surface area contributed by atoms with Gasteiger partial charge in [0.05, 0.1) is 0 Å². The van der Waals surface area contributed by atoms with Crippen LogP contribution in [-0.2, 0) is 11.3 Å². The monoisotopic (exact) mass is 295 g/mol. The van der Waals surface area contributed by atoms with E-state index in [2.05, 4.69) is 10.3 Å². The Balaban J connectivity index is 1.69. The Bertz CT molecular complexity index is 837. The van der Waals surface area contributed by atoms with Gasteiger partial charge in [-0.05, 0) is 6.07 Å². The third kappa shape index (κ3) is 3.12. The van der Waals surface area contributed by atoms with Gasteiger partial charge in [-0.15, -0.1) is 0 Å². The molecule has 0 unspecified atom stereocenters. The number of rotatable bonds is 4. The first-order valence-electron chi connectivity index (χ1n) is 6.68. The van der Waals surface area contributed by atoms with Gasteiger partial charge < -0.3 is 8.98 Å². The van der Waals surface area contributed by atoms with Crippen LogP contribution in [0.5, 0.6) is 0 Å². The van der Waals surface area contributed by atoms with E-state index in [0.29, 0.717) is 5.69 Å². The molecular formula is C16H13N3O3. The molecule has 6 heteroatoms. The van der Waals surface area contributed by atoms with Crippen molar-refractivity contribution in [3.63, 3.8) is 0 Å². The van der Waals surface area contributed by atoms with Gasteiger partial charge in [0.15, 0.2) is 0 Å². The fourth-order valence-corrected chi connectivity index (χ4v) is 1.98. The van der Waals surface area contributed by atoms with Crippen LogP contribution in [0.1, 0.15) is 0 Å². The smallest absolute Gasteiger partial charge is 0.301 e. The maximum atomic E-state index is 11.9. The second kappa shape index (κ2) is 6.09. The summed E-state index contributed by atoms with van der Waals surface area (Å²) in [4.78, 5) is 27.6. The van der Waals surface area contributed by atoms with Crippen LogP contribution in [0.2, 0.25) is 0 Å². The molecule has 0 saturated carbocycles. The Hall–Kier alpha value is -3.15. The lowest BCUT2D eigenvalue weighted by atomic mass is 10.2. The summed E-state index contributed by atoms with van der Waals surface area (Å²) < 4.78 is 6.53. The van der Waals surface area contributed by atoms with E-state index in [-0.39, 0.29) is 24.0 Å². The molecule has 22 heavy (non-hydrogen) atoms. The van der Waals surface area contributed by atoms with E-state index in [0.717, 1.165) is 5.56 Å². The molecule has 1 amide bonds. The van der Waals surface area contributed by atoms with E-state index >= 15 is 0 Å². The quantitative estimate of drug-likeness (QED) is 0.800. The van der Waals surface area contributed by atoms with Gasteiger partial charge in [-0.1, -0.05) is 36.4 Å². The van der Waals surface area contributed by atoms with Gasteiger partial charge in [-0.25, -0.2) is 0 Å². The number of carbonyl (C=O) groups excluding carboxylic acids is 1. The maximum Gasteiger partial charge on any atom is 0.301 e. The van der Waals surface area contributed by atoms with Crippen molar-refractivity contribution in [1.82, 2.24) is 9.55 Å². The van der Waals surface area contributed by atoms with Crippen molar-refractivity contribution < 1.29 is 9.21 Å². The fraction of sp³-hybridized carbons (Fsp3) is 0.0625. The Kier molecular flexibility index (Phi) is 3.82. The third-order valence-corrected chi connectivity index (χ3v) is 3.03. The first-order valence-corrected chi connectivity index (χ1v) is 6.68. The zero-order valence-corrected chi connectivity index (χ0v) is 11.6. The Morgan fingerprint density at radius 3 is 2.68 bits per heavy atom. The van der Waals surface area contributed by atoms with Crippen LogP contribution in [-0.4, -0.2) is 15.5 Å². The molecule has 0 atom stereocenters. The average molecular weight is 295 g/mol. The van der Waals surface area contributed by atoms with Crippen LogP contribution < -0.4 is 10.9 Å². The molecule has 0 fully saturated rings. The second-order valence-corrected chi connectivity index (χ2v) is 4.62. The Morgan fingerprint density at radius 1 is 1.14 bits per heavy atom.